The summed E-state index contributed by atoms with van der Waals surface area (Å²) in [6.45, 7) is 3.86. The summed E-state index contributed by atoms with van der Waals surface area (Å²) in [5.41, 5.74) is 2.08. The largest absolute Gasteiger partial charge is 0.496 e. The number of benzene rings is 1. The molecule has 0 saturated carbocycles. The summed E-state index contributed by atoms with van der Waals surface area (Å²) in [4.78, 5) is 2.41. The summed E-state index contributed by atoms with van der Waals surface area (Å²) in [6, 6.07) is 6.20. The predicted molar refractivity (Wildman–Crippen MR) is 94.4 cm³/mol. The van der Waals surface area contributed by atoms with E-state index >= 15 is 0 Å². The van der Waals surface area contributed by atoms with E-state index in [1.165, 1.54) is 0 Å². The molecule has 1 saturated heterocycles. The molecule has 1 fully saturated rings. The molecule has 0 radical (unpaired) electrons. The molecule has 0 spiro atoms. The smallest absolute Gasteiger partial charge is 0.164 e. The molecular formula is C19H26N2O4. The van der Waals surface area contributed by atoms with Crippen LogP contribution in [0.5, 0.6) is 17.2 Å². The Balaban J connectivity index is 1.85. The molecule has 1 aliphatic heterocycles. The lowest BCUT2D eigenvalue weighted by molar-refractivity contribution is 0.204. The van der Waals surface area contributed by atoms with Crippen LogP contribution in [0, 0.1) is 0 Å². The maximum atomic E-state index is 5.58. The number of nitrogens with zero attached hydrogens (tertiary/aromatic N) is 2. The van der Waals surface area contributed by atoms with E-state index in [-0.39, 0.29) is 6.04 Å². The molecule has 25 heavy (non-hydrogen) atoms. The van der Waals surface area contributed by atoms with Crippen LogP contribution in [-0.4, -0.2) is 37.9 Å². The van der Waals surface area contributed by atoms with Crippen molar-refractivity contribution in [3.05, 3.63) is 35.2 Å². The van der Waals surface area contributed by atoms with Crippen LogP contribution in [0.25, 0.3) is 0 Å². The highest BCUT2D eigenvalue weighted by atomic mass is 16.5. The van der Waals surface area contributed by atoms with Gasteiger partial charge in [0.05, 0.1) is 33.1 Å². The maximum absolute atomic E-state index is 5.58. The average molecular weight is 346 g/mol. The van der Waals surface area contributed by atoms with E-state index in [2.05, 4.69) is 23.0 Å². The van der Waals surface area contributed by atoms with Crippen molar-refractivity contribution in [1.82, 2.24) is 10.1 Å². The van der Waals surface area contributed by atoms with Crippen LogP contribution in [0.15, 0.2) is 22.7 Å². The van der Waals surface area contributed by atoms with E-state index in [0.717, 1.165) is 55.1 Å². The van der Waals surface area contributed by atoms with Gasteiger partial charge in [-0.3, -0.25) is 4.90 Å². The minimum Gasteiger partial charge on any atom is -0.496 e. The van der Waals surface area contributed by atoms with Gasteiger partial charge in [-0.1, -0.05) is 12.1 Å². The van der Waals surface area contributed by atoms with E-state index in [9.17, 15) is 0 Å². The van der Waals surface area contributed by atoms with Gasteiger partial charge in [0, 0.05) is 24.2 Å². The zero-order valence-electron chi connectivity index (χ0n) is 15.4. The standard InChI is InChI=1S/C19H26N2O4/c1-5-14-10-17(25-20-14)15-7-6-8-21(15)12-13-9-18(23-3)19(24-4)11-16(13)22-2/h9-11,15H,5-8,12H2,1-4H3. The van der Waals surface area contributed by atoms with E-state index in [1.54, 1.807) is 21.3 Å². The minimum absolute atomic E-state index is 0.255. The lowest BCUT2D eigenvalue weighted by atomic mass is 10.1. The van der Waals surface area contributed by atoms with Crippen LogP contribution in [0.2, 0.25) is 0 Å². The van der Waals surface area contributed by atoms with Crippen molar-refractivity contribution in [3.8, 4) is 17.2 Å². The van der Waals surface area contributed by atoms with Gasteiger partial charge in [-0.2, -0.15) is 0 Å². The molecule has 0 amide bonds. The van der Waals surface area contributed by atoms with Crippen LogP contribution >= 0.6 is 0 Å². The van der Waals surface area contributed by atoms with Crippen molar-refractivity contribution in [2.75, 3.05) is 27.9 Å². The third-order valence-corrected chi connectivity index (χ3v) is 4.79. The molecule has 3 rings (SSSR count). The van der Waals surface area contributed by atoms with E-state index in [1.807, 2.05) is 12.1 Å². The number of likely N-dealkylation sites (tertiary alicyclic amines) is 1. The summed E-state index contributed by atoms with van der Waals surface area (Å²) >= 11 is 0. The van der Waals surface area contributed by atoms with Crippen molar-refractivity contribution in [1.29, 1.82) is 0 Å². The van der Waals surface area contributed by atoms with Crippen LogP contribution < -0.4 is 14.2 Å². The Hall–Kier alpha value is -2.21. The topological polar surface area (TPSA) is 57.0 Å². The third kappa shape index (κ3) is 3.58. The predicted octanol–water partition coefficient (Wildman–Crippen LogP) is 3.60. The number of aryl methyl sites for hydroxylation is 1. The number of hydrogen-bond acceptors (Lipinski definition) is 6. The Kier molecular flexibility index (Phi) is 5.48. The fourth-order valence-corrected chi connectivity index (χ4v) is 3.42. The fraction of sp³-hybridized carbons (Fsp3) is 0.526. The van der Waals surface area contributed by atoms with Crippen LogP contribution in [0.4, 0.5) is 0 Å². The molecule has 136 valence electrons. The molecule has 2 heterocycles. The Morgan fingerprint density at radius 3 is 2.44 bits per heavy atom. The van der Waals surface area contributed by atoms with E-state index < -0.39 is 0 Å². The lowest BCUT2D eigenvalue weighted by Crippen LogP contribution is -2.22. The summed E-state index contributed by atoms with van der Waals surface area (Å²) in [5, 5.41) is 4.14. The average Bonchev–Trinajstić information content (AvgIpc) is 3.29. The zero-order valence-corrected chi connectivity index (χ0v) is 15.4. The maximum Gasteiger partial charge on any atom is 0.164 e. The van der Waals surface area contributed by atoms with Gasteiger partial charge in [0.25, 0.3) is 0 Å². The Labute approximate surface area is 148 Å². The molecule has 2 aromatic rings. The van der Waals surface area contributed by atoms with Gasteiger partial charge in [0.1, 0.15) is 5.75 Å². The first-order chi connectivity index (χ1) is 12.2. The minimum atomic E-state index is 0.255. The second-order valence-corrected chi connectivity index (χ2v) is 6.22. The number of aromatic nitrogens is 1. The summed E-state index contributed by atoms with van der Waals surface area (Å²) in [5.74, 6) is 3.13. The van der Waals surface area contributed by atoms with Gasteiger partial charge >= 0.3 is 0 Å². The highest BCUT2D eigenvalue weighted by molar-refractivity contribution is 5.50. The zero-order chi connectivity index (χ0) is 17.8. The molecule has 6 heteroatoms. The molecule has 1 aromatic heterocycles. The second kappa shape index (κ2) is 7.78. The number of rotatable bonds is 7. The number of ether oxygens (including phenoxy) is 3. The Morgan fingerprint density at radius 2 is 1.80 bits per heavy atom. The molecule has 6 nitrogen and oxygen atoms in total. The first-order valence-electron chi connectivity index (χ1n) is 8.68. The normalized spacial score (nSPS) is 17.7. The highest BCUT2D eigenvalue weighted by Gasteiger charge is 2.30. The molecule has 1 aliphatic rings. The van der Waals surface area contributed by atoms with Gasteiger partial charge in [0.15, 0.2) is 17.3 Å². The Morgan fingerprint density at radius 1 is 1.08 bits per heavy atom. The fourth-order valence-electron chi connectivity index (χ4n) is 3.42. The summed E-state index contributed by atoms with van der Waals surface area (Å²) in [6.07, 6.45) is 3.11. The van der Waals surface area contributed by atoms with Crippen molar-refractivity contribution in [3.63, 3.8) is 0 Å². The second-order valence-electron chi connectivity index (χ2n) is 6.22. The van der Waals surface area contributed by atoms with Crippen molar-refractivity contribution in [2.24, 2.45) is 0 Å². The van der Waals surface area contributed by atoms with Gasteiger partial charge in [-0.05, 0) is 31.9 Å². The third-order valence-electron chi connectivity index (χ3n) is 4.79. The highest BCUT2D eigenvalue weighted by Crippen LogP contribution is 2.38. The Bertz CT molecular complexity index is 713. The lowest BCUT2D eigenvalue weighted by Gasteiger charge is -2.24. The SMILES string of the molecule is CCc1cc(C2CCCN2Cc2cc(OC)c(OC)cc2OC)on1. The molecule has 1 unspecified atom stereocenters. The summed E-state index contributed by atoms with van der Waals surface area (Å²) in [7, 11) is 4.95. The van der Waals surface area contributed by atoms with Gasteiger partial charge in [0.2, 0.25) is 0 Å². The van der Waals surface area contributed by atoms with Crippen molar-refractivity contribution < 1.29 is 18.7 Å². The van der Waals surface area contributed by atoms with Crippen LogP contribution in [0.1, 0.15) is 42.8 Å². The molecule has 0 aliphatic carbocycles. The first kappa shape index (κ1) is 17.6. The molecule has 1 aromatic carbocycles. The number of methoxy groups -OCH3 is 3. The molecule has 0 N–H and O–H groups in total. The monoisotopic (exact) mass is 346 g/mol. The molecular weight excluding hydrogens is 320 g/mol. The molecule has 1 atom stereocenters. The van der Waals surface area contributed by atoms with Crippen LogP contribution in [0.3, 0.4) is 0 Å². The number of hydrogen-bond donors (Lipinski definition) is 0. The van der Waals surface area contributed by atoms with Crippen molar-refractivity contribution in [2.45, 2.75) is 38.8 Å². The first-order valence-corrected chi connectivity index (χ1v) is 8.68. The summed E-state index contributed by atoms with van der Waals surface area (Å²) < 4.78 is 21.9. The van der Waals surface area contributed by atoms with Crippen LogP contribution in [-0.2, 0) is 13.0 Å². The molecule has 0 bridgehead atoms. The van der Waals surface area contributed by atoms with Gasteiger partial charge in [-0.25, -0.2) is 0 Å². The van der Waals surface area contributed by atoms with E-state index in [4.69, 9.17) is 18.7 Å². The van der Waals surface area contributed by atoms with Gasteiger partial charge in [-0.15, -0.1) is 0 Å². The van der Waals surface area contributed by atoms with E-state index in [0.29, 0.717) is 11.5 Å². The van der Waals surface area contributed by atoms with Gasteiger partial charge < -0.3 is 18.7 Å². The quantitative estimate of drug-likeness (QED) is 0.763. The van der Waals surface area contributed by atoms with Crippen molar-refractivity contribution >= 4 is 0 Å².